The average Bonchev–Trinajstić information content (AvgIpc) is 3.01. The molecule has 2 rings (SSSR count). The van der Waals surface area contributed by atoms with Crippen molar-refractivity contribution in [3.8, 4) is 17.2 Å². The summed E-state index contributed by atoms with van der Waals surface area (Å²) >= 11 is 5.47. The highest BCUT2D eigenvalue weighted by Crippen LogP contribution is 2.38. The van der Waals surface area contributed by atoms with Gasteiger partial charge in [-0.1, -0.05) is 6.42 Å². The number of benzene rings is 1. The van der Waals surface area contributed by atoms with Gasteiger partial charge in [0.1, 0.15) is 0 Å². The number of methoxy groups -OCH3 is 3. The molecule has 0 amide bonds. The van der Waals surface area contributed by atoms with Crippen LogP contribution in [0, 0.1) is 0 Å². The number of nitrogens with two attached hydrogens (primary N) is 1. The van der Waals surface area contributed by atoms with Crippen LogP contribution >= 0.6 is 12.2 Å². The van der Waals surface area contributed by atoms with E-state index in [1.165, 1.54) is 0 Å². The fourth-order valence-electron chi connectivity index (χ4n) is 3.38. The van der Waals surface area contributed by atoms with Crippen molar-refractivity contribution in [2.24, 2.45) is 5.73 Å². The second-order valence-electron chi connectivity index (χ2n) is 6.45. The number of hydrogen-bond donors (Lipinski definition) is 2. The van der Waals surface area contributed by atoms with Gasteiger partial charge in [-0.3, -0.25) is 0 Å². The summed E-state index contributed by atoms with van der Waals surface area (Å²) in [5, 5.41) is 4.18. The molecule has 1 atom stereocenters. The van der Waals surface area contributed by atoms with Crippen molar-refractivity contribution < 1.29 is 14.2 Å². The van der Waals surface area contributed by atoms with E-state index in [0.29, 0.717) is 23.3 Å². The first kappa shape index (κ1) is 20.6. The molecule has 146 valence electrons. The highest BCUT2D eigenvalue weighted by Gasteiger charge is 2.26. The minimum Gasteiger partial charge on any atom is -0.493 e. The summed E-state index contributed by atoms with van der Waals surface area (Å²) in [6.45, 7) is 2.63. The minimum absolute atomic E-state index is 0.481. The second-order valence-corrected chi connectivity index (χ2v) is 6.84. The molecule has 0 aliphatic carbocycles. The van der Waals surface area contributed by atoms with E-state index in [-0.39, 0.29) is 0 Å². The van der Waals surface area contributed by atoms with Gasteiger partial charge in [0.15, 0.2) is 16.6 Å². The minimum atomic E-state index is 0.481. The molecule has 1 heterocycles. The number of rotatable bonds is 11. The number of nitrogens with zero attached hydrogens (tertiary/aromatic N) is 1. The first-order valence-corrected chi connectivity index (χ1v) is 9.58. The van der Waals surface area contributed by atoms with Gasteiger partial charge < -0.3 is 30.2 Å². The van der Waals surface area contributed by atoms with Crippen LogP contribution in [0.2, 0.25) is 0 Å². The van der Waals surface area contributed by atoms with Crippen molar-refractivity contribution in [1.82, 2.24) is 10.2 Å². The van der Waals surface area contributed by atoms with Crippen LogP contribution in [-0.4, -0.2) is 57.0 Å². The summed E-state index contributed by atoms with van der Waals surface area (Å²) in [4.78, 5) is 2.32. The molecule has 0 radical (unpaired) electrons. The van der Waals surface area contributed by atoms with Crippen molar-refractivity contribution in [3.63, 3.8) is 0 Å². The molecule has 1 aliphatic heterocycles. The normalized spacial score (nSPS) is 16.5. The van der Waals surface area contributed by atoms with Crippen LogP contribution < -0.4 is 25.3 Å². The van der Waals surface area contributed by atoms with E-state index in [1.54, 1.807) is 21.3 Å². The lowest BCUT2D eigenvalue weighted by Crippen LogP contribution is -2.35. The summed E-state index contributed by atoms with van der Waals surface area (Å²) in [7, 11) is 4.90. The van der Waals surface area contributed by atoms with Crippen LogP contribution in [0.15, 0.2) is 12.1 Å². The van der Waals surface area contributed by atoms with Crippen LogP contribution in [0.4, 0.5) is 0 Å². The Morgan fingerprint density at radius 3 is 2.38 bits per heavy atom. The molecule has 1 aliphatic rings. The van der Waals surface area contributed by atoms with Crippen molar-refractivity contribution in [3.05, 3.63) is 17.7 Å². The quantitative estimate of drug-likeness (QED) is 0.450. The van der Waals surface area contributed by atoms with Gasteiger partial charge in [-0.05, 0) is 62.1 Å². The number of nitrogens with one attached hydrogen (secondary N) is 1. The smallest absolute Gasteiger partial charge is 0.203 e. The van der Waals surface area contributed by atoms with E-state index in [2.05, 4.69) is 10.2 Å². The van der Waals surface area contributed by atoms with E-state index in [0.717, 1.165) is 62.4 Å². The van der Waals surface area contributed by atoms with Crippen LogP contribution in [0.5, 0.6) is 17.2 Å². The molecule has 1 saturated heterocycles. The van der Waals surface area contributed by atoms with Gasteiger partial charge in [0.25, 0.3) is 0 Å². The van der Waals surface area contributed by atoms with Gasteiger partial charge in [0, 0.05) is 19.1 Å². The Hall–Kier alpha value is -1.73. The molecule has 1 aromatic rings. The number of unbranched alkanes of at least 4 members (excludes halogenated alkanes) is 1. The Kier molecular flexibility index (Phi) is 8.25. The Morgan fingerprint density at radius 1 is 1.12 bits per heavy atom. The Labute approximate surface area is 162 Å². The van der Waals surface area contributed by atoms with E-state index in [9.17, 15) is 0 Å². The molecular weight excluding hydrogens is 350 g/mol. The van der Waals surface area contributed by atoms with Crippen LogP contribution in [0.3, 0.4) is 0 Å². The Balaban J connectivity index is 1.94. The van der Waals surface area contributed by atoms with Crippen molar-refractivity contribution in [1.29, 1.82) is 0 Å². The summed E-state index contributed by atoms with van der Waals surface area (Å²) in [6.07, 6.45) is 5.28. The maximum atomic E-state index is 5.60. The maximum Gasteiger partial charge on any atom is 0.203 e. The van der Waals surface area contributed by atoms with E-state index in [1.807, 2.05) is 12.1 Å². The highest BCUT2D eigenvalue weighted by atomic mass is 32.1. The SMILES string of the molecule is COc1cc(CCCN2C(=S)NC[C@@H]2CCCCN)cc(OC)c1OC. The van der Waals surface area contributed by atoms with Crippen molar-refractivity contribution in [2.75, 3.05) is 41.0 Å². The molecule has 0 bridgehead atoms. The maximum absolute atomic E-state index is 5.60. The standard InChI is InChI=1S/C19H31N3O3S/c1-23-16-11-14(12-17(24-2)18(16)25-3)7-6-10-22-15(8-4-5-9-20)13-21-19(22)26/h11-12,15H,4-10,13,20H2,1-3H3,(H,21,26)/t15-/m0/s1. The predicted molar refractivity (Wildman–Crippen MR) is 108 cm³/mol. The number of hydrogen-bond acceptors (Lipinski definition) is 5. The zero-order valence-electron chi connectivity index (χ0n) is 16.0. The van der Waals surface area contributed by atoms with Crippen molar-refractivity contribution >= 4 is 17.3 Å². The summed E-state index contributed by atoms with van der Waals surface area (Å²) in [6, 6.07) is 4.51. The van der Waals surface area contributed by atoms with E-state index in [4.69, 9.17) is 32.2 Å². The Bertz CT molecular complexity index is 572. The van der Waals surface area contributed by atoms with Gasteiger partial charge >= 0.3 is 0 Å². The van der Waals surface area contributed by atoms with Crippen LogP contribution in [-0.2, 0) is 6.42 Å². The summed E-state index contributed by atoms with van der Waals surface area (Å²) < 4.78 is 16.2. The zero-order valence-corrected chi connectivity index (χ0v) is 16.9. The fourth-order valence-corrected chi connectivity index (χ4v) is 3.71. The molecule has 26 heavy (non-hydrogen) atoms. The lowest BCUT2D eigenvalue weighted by atomic mass is 10.1. The van der Waals surface area contributed by atoms with Gasteiger partial charge in [-0.25, -0.2) is 0 Å². The largest absolute Gasteiger partial charge is 0.493 e. The van der Waals surface area contributed by atoms with E-state index < -0.39 is 0 Å². The first-order valence-electron chi connectivity index (χ1n) is 9.18. The third-order valence-electron chi connectivity index (χ3n) is 4.77. The van der Waals surface area contributed by atoms with Crippen molar-refractivity contribution in [2.45, 2.75) is 38.1 Å². The third kappa shape index (κ3) is 5.14. The molecule has 3 N–H and O–H groups in total. The zero-order chi connectivity index (χ0) is 18.9. The molecule has 0 aromatic heterocycles. The highest BCUT2D eigenvalue weighted by molar-refractivity contribution is 7.80. The molecule has 1 aromatic carbocycles. The molecule has 6 nitrogen and oxygen atoms in total. The predicted octanol–water partition coefficient (Wildman–Crippen LogP) is 2.33. The molecule has 0 saturated carbocycles. The summed E-state index contributed by atoms with van der Waals surface area (Å²) in [5.41, 5.74) is 6.77. The lowest BCUT2D eigenvalue weighted by Gasteiger charge is -2.25. The van der Waals surface area contributed by atoms with E-state index >= 15 is 0 Å². The number of thiocarbonyl (C=S) groups is 1. The third-order valence-corrected chi connectivity index (χ3v) is 5.15. The molecule has 7 heteroatoms. The number of ether oxygens (including phenoxy) is 3. The monoisotopic (exact) mass is 381 g/mol. The molecule has 0 unspecified atom stereocenters. The Morgan fingerprint density at radius 2 is 1.81 bits per heavy atom. The molecule has 1 fully saturated rings. The van der Waals surface area contributed by atoms with Gasteiger partial charge in [-0.2, -0.15) is 0 Å². The van der Waals surface area contributed by atoms with Crippen LogP contribution in [0.1, 0.15) is 31.2 Å². The summed E-state index contributed by atoms with van der Waals surface area (Å²) in [5.74, 6) is 2.02. The van der Waals surface area contributed by atoms with Gasteiger partial charge in [-0.15, -0.1) is 0 Å². The van der Waals surface area contributed by atoms with Gasteiger partial charge in [0.2, 0.25) is 5.75 Å². The molecular formula is C19H31N3O3S. The van der Waals surface area contributed by atoms with Crippen LogP contribution in [0.25, 0.3) is 0 Å². The van der Waals surface area contributed by atoms with Gasteiger partial charge in [0.05, 0.1) is 21.3 Å². The topological polar surface area (TPSA) is 69.0 Å². The fraction of sp³-hybridized carbons (Fsp3) is 0.632. The average molecular weight is 382 g/mol. The molecule has 0 spiro atoms. The lowest BCUT2D eigenvalue weighted by molar-refractivity contribution is 0.320. The second kappa shape index (κ2) is 10.4. The first-order chi connectivity index (χ1) is 12.6. The number of aryl methyl sites for hydroxylation is 1.